The van der Waals surface area contributed by atoms with Crippen LogP contribution in [0.1, 0.15) is 11.1 Å². The Kier molecular flexibility index (Phi) is 2.13. The van der Waals surface area contributed by atoms with E-state index in [1.54, 1.807) is 0 Å². The standard InChI is InChI=1S/C10H8N2O2/c13-6-11-5-7-1-2-8-4-10(14)12-9(8)3-7/h1-3H,4-5H2,(H,12,14). The van der Waals surface area contributed by atoms with Crippen LogP contribution in [0.4, 0.5) is 5.69 Å². The fraction of sp³-hybridized carbons (Fsp3) is 0.200. The Morgan fingerprint density at radius 3 is 3.14 bits per heavy atom. The molecule has 0 fully saturated rings. The van der Waals surface area contributed by atoms with Gasteiger partial charge >= 0.3 is 0 Å². The van der Waals surface area contributed by atoms with Gasteiger partial charge in [-0.15, -0.1) is 0 Å². The van der Waals surface area contributed by atoms with Crippen molar-refractivity contribution in [3.05, 3.63) is 29.3 Å². The number of amides is 1. The quantitative estimate of drug-likeness (QED) is 0.556. The molecular formula is C10H8N2O2. The number of benzene rings is 1. The largest absolute Gasteiger partial charge is 0.326 e. The van der Waals surface area contributed by atoms with Gasteiger partial charge in [0, 0.05) is 5.69 Å². The molecule has 1 aromatic carbocycles. The van der Waals surface area contributed by atoms with Gasteiger partial charge in [-0.25, -0.2) is 9.79 Å². The van der Waals surface area contributed by atoms with E-state index in [2.05, 4.69) is 10.3 Å². The van der Waals surface area contributed by atoms with Crippen LogP contribution in [0, 0.1) is 0 Å². The molecule has 0 aromatic heterocycles. The summed E-state index contributed by atoms with van der Waals surface area (Å²) in [5, 5.41) is 2.74. The number of carbonyl (C=O) groups is 1. The lowest BCUT2D eigenvalue weighted by Crippen LogP contribution is -2.03. The molecule has 0 spiro atoms. The third-order valence-electron chi connectivity index (χ3n) is 2.13. The van der Waals surface area contributed by atoms with Crippen LogP contribution in [0.2, 0.25) is 0 Å². The predicted molar refractivity (Wildman–Crippen MR) is 50.6 cm³/mol. The molecule has 0 saturated carbocycles. The number of fused-ring (bicyclic) bond motifs is 1. The first-order valence-electron chi connectivity index (χ1n) is 4.25. The summed E-state index contributed by atoms with van der Waals surface area (Å²) >= 11 is 0. The van der Waals surface area contributed by atoms with Crippen LogP contribution < -0.4 is 5.32 Å². The van der Waals surface area contributed by atoms with E-state index >= 15 is 0 Å². The molecule has 1 aliphatic heterocycles. The number of anilines is 1. The van der Waals surface area contributed by atoms with Gasteiger partial charge in [-0.1, -0.05) is 12.1 Å². The molecule has 2 rings (SSSR count). The van der Waals surface area contributed by atoms with Gasteiger partial charge in [0.1, 0.15) is 0 Å². The summed E-state index contributed by atoms with van der Waals surface area (Å²) in [4.78, 5) is 24.4. The predicted octanol–water partition coefficient (Wildman–Crippen LogP) is 1.02. The van der Waals surface area contributed by atoms with Crippen LogP contribution in [-0.2, 0) is 22.6 Å². The lowest BCUT2D eigenvalue weighted by molar-refractivity contribution is -0.115. The maximum atomic E-state index is 11.0. The molecule has 4 nitrogen and oxygen atoms in total. The fourth-order valence-corrected chi connectivity index (χ4v) is 1.48. The van der Waals surface area contributed by atoms with Crippen molar-refractivity contribution < 1.29 is 9.59 Å². The van der Waals surface area contributed by atoms with E-state index in [0.29, 0.717) is 13.0 Å². The van der Waals surface area contributed by atoms with E-state index in [0.717, 1.165) is 16.8 Å². The van der Waals surface area contributed by atoms with Crippen molar-refractivity contribution in [1.29, 1.82) is 0 Å². The van der Waals surface area contributed by atoms with Crippen LogP contribution in [0.3, 0.4) is 0 Å². The molecule has 0 saturated heterocycles. The highest BCUT2D eigenvalue weighted by Gasteiger charge is 2.16. The number of rotatable bonds is 2. The summed E-state index contributed by atoms with van der Waals surface area (Å²) in [6.45, 7) is 0.312. The third kappa shape index (κ3) is 1.56. The van der Waals surface area contributed by atoms with Crippen LogP contribution >= 0.6 is 0 Å². The third-order valence-corrected chi connectivity index (χ3v) is 2.13. The molecule has 0 atom stereocenters. The second-order valence-electron chi connectivity index (χ2n) is 3.12. The Labute approximate surface area is 80.7 Å². The summed E-state index contributed by atoms with van der Waals surface area (Å²) in [6.07, 6.45) is 1.92. The van der Waals surface area contributed by atoms with Crippen LogP contribution in [-0.4, -0.2) is 12.0 Å². The molecule has 1 aliphatic rings. The number of nitrogens with one attached hydrogen (secondary N) is 1. The number of nitrogens with zero attached hydrogens (tertiary/aromatic N) is 1. The molecule has 4 heteroatoms. The first kappa shape index (κ1) is 8.66. The summed E-state index contributed by atoms with van der Waals surface area (Å²) in [5.41, 5.74) is 2.72. The summed E-state index contributed by atoms with van der Waals surface area (Å²) in [6, 6.07) is 5.57. The molecule has 0 unspecified atom stereocenters. The summed E-state index contributed by atoms with van der Waals surface area (Å²) < 4.78 is 0. The molecule has 0 bridgehead atoms. The van der Waals surface area contributed by atoms with Gasteiger partial charge in [-0.2, -0.15) is 0 Å². The molecule has 1 N–H and O–H groups in total. The second-order valence-corrected chi connectivity index (χ2v) is 3.12. The Bertz CT molecular complexity index is 434. The first-order valence-corrected chi connectivity index (χ1v) is 4.25. The van der Waals surface area contributed by atoms with E-state index < -0.39 is 0 Å². The molecule has 1 amide bonds. The van der Waals surface area contributed by atoms with Gasteiger partial charge in [0.15, 0.2) is 0 Å². The topological polar surface area (TPSA) is 58.5 Å². The van der Waals surface area contributed by atoms with Gasteiger partial charge in [0.05, 0.1) is 13.0 Å². The monoisotopic (exact) mass is 188 g/mol. The normalized spacial score (nSPS) is 13.0. The minimum absolute atomic E-state index is 0.0102. The minimum Gasteiger partial charge on any atom is -0.326 e. The van der Waals surface area contributed by atoms with Crippen molar-refractivity contribution in [2.24, 2.45) is 4.99 Å². The molecule has 0 radical (unpaired) electrons. The number of hydrogen-bond acceptors (Lipinski definition) is 3. The average molecular weight is 188 g/mol. The van der Waals surface area contributed by atoms with E-state index in [-0.39, 0.29) is 5.91 Å². The number of hydrogen-bond donors (Lipinski definition) is 1. The molecule has 1 heterocycles. The van der Waals surface area contributed by atoms with Crippen molar-refractivity contribution in [2.75, 3.05) is 5.32 Å². The summed E-state index contributed by atoms with van der Waals surface area (Å²) in [5.74, 6) is 0.0102. The van der Waals surface area contributed by atoms with E-state index in [9.17, 15) is 9.59 Å². The zero-order valence-electron chi connectivity index (χ0n) is 7.41. The Hall–Kier alpha value is -1.93. The molecule has 1 aromatic rings. The first-order chi connectivity index (χ1) is 6.79. The van der Waals surface area contributed by atoms with Gasteiger partial charge in [0.2, 0.25) is 12.0 Å². The second kappa shape index (κ2) is 3.44. The highest BCUT2D eigenvalue weighted by molar-refractivity contribution is 5.99. The van der Waals surface area contributed by atoms with Crippen LogP contribution in [0.25, 0.3) is 0 Å². The lowest BCUT2D eigenvalue weighted by Gasteiger charge is -2.00. The molecule has 0 aliphatic carbocycles. The highest BCUT2D eigenvalue weighted by atomic mass is 16.1. The Morgan fingerprint density at radius 1 is 1.50 bits per heavy atom. The van der Waals surface area contributed by atoms with Gasteiger partial charge in [-0.3, -0.25) is 4.79 Å². The molecular weight excluding hydrogens is 180 g/mol. The lowest BCUT2D eigenvalue weighted by atomic mass is 10.1. The van der Waals surface area contributed by atoms with Gasteiger partial charge < -0.3 is 5.32 Å². The smallest absolute Gasteiger partial charge is 0.235 e. The number of aliphatic imine (C=N–C) groups is 1. The van der Waals surface area contributed by atoms with Gasteiger partial charge in [-0.05, 0) is 17.2 Å². The summed E-state index contributed by atoms with van der Waals surface area (Å²) in [7, 11) is 0. The van der Waals surface area contributed by atoms with Crippen LogP contribution in [0.15, 0.2) is 23.2 Å². The zero-order valence-corrected chi connectivity index (χ0v) is 7.41. The fourth-order valence-electron chi connectivity index (χ4n) is 1.48. The maximum Gasteiger partial charge on any atom is 0.235 e. The molecule has 70 valence electrons. The van der Waals surface area contributed by atoms with Crippen molar-refractivity contribution in [2.45, 2.75) is 13.0 Å². The van der Waals surface area contributed by atoms with Crippen molar-refractivity contribution in [3.8, 4) is 0 Å². The van der Waals surface area contributed by atoms with E-state index in [1.807, 2.05) is 18.2 Å². The van der Waals surface area contributed by atoms with Gasteiger partial charge in [0.25, 0.3) is 0 Å². The Morgan fingerprint density at radius 2 is 2.36 bits per heavy atom. The molecule has 14 heavy (non-hydrogen) atoms. The average Bonchev–Trinajstić information content (AvgIpc) is 2.54. The minimum atomic E-state index is 0.0102. The van der Waals surface area contributed by atoms with Crippen molar-refractivity contribution in [1.82, 2.24) is 0 Å². The van der Waals surface area contributed by atoms with Crippen molar-refractivity contribution >= 4 is 17.7 Å². The van der Waals surface area contributed by atoms with Crippen molar-refractivity contribution in [3.63, 3.8) is 0 Å². The Balaban J connectivity index is 2.28. The number of carbonyl (C=O) groups excluding carboxylic acids is 2. The maximum absolute atomic E-state index is 11.0. The van der Waals surface area contributed by atoms with E-state index in [4.69, 9.17) is 0 Å². The van der Waals surface area contributed by atoms with Crippen LogP contribution in [0.5, 0.6) is 0 Å². The highest BCUT2D eigenvalue weighted by Crippen LogP contribution is 2.24. The SMILES string of the molecule is O=C=NCc1ccc2c(c1)NC(=O)C2. The zero-order chi connectivity index (χ0) is 9.97. The number of isocyanates is 1. The van der Waals surface area contributed by atoms with E-state index in [1.165, 1.54) is 6.08 Å².